The minimum Gasteiger partial charge on any atom is -0.489 e. The monoisotopic (exact) mass is 301 g/mol. The van der Waals surface area contributed by atoms with Crippen molar-refractivity contribution >= 4 is 29.5 Å². The second-order valence-electron chi connectivity index (χ2n) is 4.63. The molecular formula is C14H17Cl2NO2. The molecule has 0 radical (unpaired) electrons. The van der Waals surface area contributed by atoms with Crippen molar-refractivity contribution in [2.75, 3.05) is 19.7 Å². The van der Waals surface area contributed by atoms with Crippen molar-refractivity contribution in [1.82, 2.24) is 4.90 Å². The molecule has 1 unspecified atom stereocenters. The number of hydrogen-bond acceptors (Lipinski definition) is 3. The molecule has 1 saturated heterocycles. The molecule has 0 saturated carbocycles. The first kappa shape index (κ1) is 14.6. The van der Waals surface area contributed by atoms with E-state index in [9.17, 15) is 4.79 Å². The summed E-state index contributed by atoms with van der Waals surface area (Å²) in [6.45, 7) is 2.14. The molecule has 1 atom stereocenters. The van der Waals surface area contributed by atoms with Crippen LogP contribution < -0.4 is 4.74 Å². The summed E-state index contributed by atoms with van der Waals surface area (Å²) in [5.74, 6) is 0.519. The van der Waals surface area contributed by atoms with E-state index in [0.29, 0.717) is 28.9 Å². The number of para-hydroxylation sites is 1. The number of likely N-dealkylation sites (tertiary alicyclic amines) is 1. The Bertz CT molecular complexity index is 419. The number of piperidine rings is 1. The Morgan fingerprint density at radius 3 is 2.74 bits per heavy atom. The summed E-state index contributed by atoms with van der Waals surface area (Å²) < 4.78 is 5.64. The third kappa shape index (κ3) is 3.85. The Balaban J connectivity index is 1.87. The predicted octanol–water partition coefficient (Wildman–Crippen LogP) is 3.43. The topological polar surface area (TPSA) is 29.5 Å². The highest BCUT2D eigenvalue weighted by molar-refractivity contribution is 6.37. The third-order valence-corrected chi connectivity index (χ3v) is 3.96. The normalized spacial score (nSPS) is 20.2. The predicted molar refractivity (Wildman–Crippen MR) is 77.2 cm³/mol. The minimum absolute atomic E-state index is 0.0269. The highest BCUT2D eigenvalue weighted by Gasteiger charge is 2.21. The number of carbonyl (C=O) groups is 1. The van der Waals surface area contributed by atoms with Crippen LogP contribution in [-0.4, -0.2) is 36.9 Å². The van der Waals surface area contributed by atoms with E-state index in [2.05, 4.69) is 4.90 Å². The van der Waals surface area contributed by atoms with E-state index < -0.39 is 0 Å². The van der Waals surface area contributed by atoms with Gasteiger partial charge in [-0.3, -0.25) is 4.90 Å². The molecule has 2 rings (SSSR count). The zero-order valence-electron chi connectivity index (χ0n) is 10.6. The zero-order valence-corrected chi connectivity index (χ0v) is 12.2. The number of hydrogen-bond donors (Lipinski definition) is 0. The maximum absolute atomic E-state index is 11.0. The third-order valence-electron chi connectivity index (χ3n) is 3.37. The fourth-order valence-corrected chi connectivity index (χ4v) is 2.84. The van der Waals surface area contributed by atoms with Gasteiger partial charge in [0.15, 0.2) is 5.75 Å². The van der Waals surface area contributed by atoms with Crippen LogP contribution in [0, 0.1) is 0 Å². The van der Waals surface area contributed by atoms with Gasteiger partial charge in [-0.2, -0.15) is 0 Å². The van der Waals surface area contributed by atoms with Crippen LogP contribution in [0.3, 0.4) is 0 Å². The van der Waals surface area contributed by atoms with Gasteiger partial charge in [0, 0.05) is 6.54 Å². The second kappa shape index (κ2) is 7.13. The number of carbonyl (C=O) groups excluding carboxylic acids is 1. The SMILES string of the molecule is O=CC1CCCCN1CCOc1c(Cl)cccc1Cl. The van der Waals surface area contributed by atoms with Crippen molar-refractivity contribution in [3.05, 3.63) is 28.2 Å². The van der Waals surface area contributed by atoms with E-state index in [-0.39, 0.29) is 6.04 Å². The Morgan fingerprint density at radius 2 is 2.05 bits per heavy atom. The Hall–Kier alpha value is -0.770. The highest BCUT2D eigenvalue weighted by atomic mass is 35.5. The van der Waals surface area contributed by atoms with Gasteiger partial charge in [0.2, 0.25) is 0 Å². The maximum atomic E-state index is 11.0. The second-order valence-corrected chi connectivity index (χ2v) is 5.45. The molecule has 1 aliphatic rings. The van der Waals surface area contributed by atoms with Crippen LogP contribution in [0.4, 0.5) is 0 Å². The molecule has 0 bridgehead atoms. The first-order chi connectivity index (χ1) is 9.22. The number of nitrogens with zero attached hydrogens (tertiary/aromatic N) is 1. The van der Waals surface area contributed by atoms with Gasteiger partial charge in [-0.25, -0.2) is 0 Å². The lowest BCUT2D eigenvalue weighted by molar-refractivity contribution is -0.113. The largest absolute Gasteiger partial charge is 0.489 e. The van der Waals surface area contributed by atoms with Gasteiger partial charge in [0.25, 0.3) is 0 Å². The van der Waals surface area contributed by atoms with Crippen LogP contribution in [0.5, 0.6) is 5.75 Å². The standard InChI is InChI=1S/C14H17Cl2NO2/c15-12-5-3-6-13(16)14(12)19-9-8-17-7-2-1-4-11(17)10-18/h3,5-6,10-11H,1-2,4,7-9H2. The molecule has 1 aromatic carbocycles. The smallest absolute Gasteiger partial charge is 0.156 e. The highest BCUT2D eigenvalue weighted by Crippen LogP contribution is 2.32. The van der Waals surface area contributed by atoms with Crippen LogP contribution in [0.15, 0.2) is 18.2 Å². The van der Waals surface area contributed by atoms with Crippen molar-refractivity contribution in [3.63, 3.8) is 0 Å². The number of benzene rings is 1. The molecule has 5 heteroatoms. The van der Waals surface area contributed by atoms with E-state index >= 15 is 0 Å². The number of ether oxygens (including phenoxy) is 1. The van der Waals surface area contributed by atoms with Crippen molar-refractivity contribution in [2.24, 2.45) is 0 Å². The molecule has 0 amide bonds. The Labute approximate surface area is 123 Å². The quantitative estimate of drug-likeness (QED) is 0.781. The molecule has 0 spiro atoms. The summed E-state index contributed by atoms with van der Waals surface area (Å²) in [7, 11) is 0. The molecule has 1 fully saturated rings. The fourth-order valence-electron chi connectivity index (χ4n) is 2.33. The van der Waals surface area contributed by atoms with E-state index in [1.165, 1.54) is 0 Å². The average Bonchev–Trinajstić information content (AvgIpc) is 2.42. The number of halogens is 2. The van der Waals surface area contributed by atoms with Crippen molar-refractivity contribution in [2.45, 2.75) is 25.3 Å². The summed E-state index contributed by atoms with van der Waals surface area (Å²) in [6, 6.07) is 5.31. The molecule has 1 aromatic rings. The lowest BCUT2D eigenvalue weighted by atomic mass is 10.0. The van der Waals surface area contributed by atoms with Crippen molar-refractivity contribution < 1.29 is 9.53 Å². The van der Waals surface area contributed by atoms with Crippen LogP contribution in [0.1, 0.15) is 19.3 Å². The van der Waals surface area contributed by atoms with Gasteiger partial charge in [0.05, 0.1) is 16.1 Å². The van der Waals surface area contributed by atoms with E-state index in [4.69, 9.17) is 27.9 Å². The minimum atomic E-state index is 0.0269. The summed E-state index contributed by atoms with van der Waals surface area (Å²) in [5, 5.41) is 1.02. The van der Waals surface area contributed by atoms with E-state index in [0.717, 1.165) is 32.1 Å². The lowest BCUT2D eigenvalue weighted by Crippen LogP contribution is -2.42. The van der Waals surface area contributed by atoms with Crippen LogP contribution in [0.25, 0.3) is 0 Å². The van der Waals surface area contributed by atoms with Crippen molar-refractivity contribution in [3.8, 4) is 5.75 Å². The zero-order chi connectivity index (χ0) is 13.7. The summed E-state index contributed by atoms with van der Waals surface area (Å²) in [5.41, 5.74) is 0. The number of aldehydes is 1. The van der Waals surface area contributed by atoms with Crippen LogP contribution in [-0.2, 0) is 4.79 Å². The first-order valence-corrected chi connectivity index (χ1v) is 7.24. The maximum Gasteiger partial charge on any atom is 0.156 e. The van der Waals surface area contributed by atoms with Gasteiger partial charge in [-0.15, -0.1) is 0 Å². The van der Waals surface area contributed by atoms with Gasteiger partial charge >= 0.3 is 0 Å². The Morgan fingerprint density at radius 1 is 1.32 bits per heavy atom. The molecule has 1 aliphatic heterocycles. The molecular weight excluding hydrogens is 285 g/mol. The van der Waals surface area contributed by atoms with Gasteiger partial charge in [-0.05, 0) is 31.5 Å². The summed E-state index contributed by atoms with van der Waals surface area (Å²) in [6.07, 6.45) is 4.23. The molecule has 19 heavy (non-hydrogen) atoms. The van der Waals surface area contributed by atoms with Crippen LogP contribution >= 0.6 is 23.2 Å². The molecule has 3 nitrogen and oxygen atoms in total. The van der Waals surface area contributed by atoms with E-state index in [1.54, 1.807) is 18.2 Å². The van der Waals surface area contributed by atoms with Gasteiger partial charge in [0.1, 0.15) is 12.9 Å². The van der Waals surface area contributed by atoms with Gasteiger partial charge in [-0.1, -0.05) is 35.7 Å². The molecule has 0 N–H and O–H groups in total. The summed E-state index contributed by atoms with van der Waals surface area (Å²) in [4.78, 5) is 13.1. The molecule has 104 valence electrons. The molecule has 0 aliphatic carbocycles. The van der Waals surface area contributed by atoms with Gasteiger partial charge < -0.3 is 9.53 Å². The fraction of sp³-hybridized carbons (Fsp3) is 0.500. The summed E-state index contributed by atoms with van der Waals surface area (Å²) >= 11 is 12.1. The van der Waals surface area contributed by atoms with E-state index in [1.807, 2.05) is 0 Å². The molecule has 0 aromatic heterocycles. The average molecular weight is 302 g/mol. The molecule has 1 heterocycles. The first-order valence-electron chi connectivity index (χ1n) is 6.48. The van der Waals surface area contributed by atoms with Crippen molar-refractivity contribution in [1.29, 1.82) is 0 Å². The Kier molecular flexibility index (Phi) is 5.49. The van der Waals surface area contributed by atoms with Crippen LogP contribution in [0.2, 0.25) is 10.0 Å². The lowest BCUT2D eigenvalue weighted by Gasteiger charge is -2.31. The number of rotatable bonds is 5.